The van der Waals surface area contributed by atoms with Gasteiger partial charge in [0.15, 0.2) is 0 Å². The molecule has 76 valence electrons. The molecule has 13 heavy (non-hydrogen) atoms. The van der Waals surface area contributed by atoms with Crippen molar-refractivity contribution in [2.24, 2.45) is 5.73 Å². The first kappa shape index (κ1) is 10.4. The number of amides is 1. The van der Waals surface area contributed by atoms with Gasteiger partial charge in [-0.1, -0.05) is 0 Å². The quantitative estimate of drug-likeness (QED) is 0.465. The zero-order valence-corrected chi connectivity index (χ0v) is 7.71. The molecule has 1 unspecified atom stereocenters. The summed E-state index contributed by atoms with van der Waals surface area (Å²) >= 11 is 0. The molecule has 0 spiro atoms. The van der Waals surface area contributed by atoms with Crippen molar-refractivity contribution in [3.63, 3.8) is 0 Å². The summed E-state index contributed by atoms with van der Waals surface area (Å²) < 4.78 is 5.16. The van der Waals surface area contributed by atoms with Crippen LogP contribution in [0.15, 0.2) is 0 Å². The normalized spacial score (nSPS) is 22.7. The molecule has 1 aliphatic rings. The molecule has 0 aromatic carbocycles. The second kappa shape index (κ2) is 5.90. The summed E-state index contributed by atoms with van der Waals surface area (Å²) in [5.74, 6) is 0.00755. The smallest absolute Gasteiger partial charge is 0.239 e. The zero-order valence-electron chi connectivity index (χ0n) is 7.71. The van der Waals surface area contributed by atoms with Crippen LogP contribution in [0.5, 0.6) is 0 Å². The number of carbonyl (C=O) groups excluding carboxylic acids is 1. The molecule has 5 nitrogen and oxygen atoms in total. The van der Waals surface area contributed by atoms with Crippen LogP contribution in [-0.2, 0) is 9.53 Å². The Morgan fingerprint density at radius 1 is 1.69 bits per heavy atom. The van der Waals surface area contributed by atoms with E-state index in [0.717, 1.165) is 13.0 Å². The molecular weight excluding hydrogens is 170 g/mol. The summed E-state index contributed by atoms with van der Waals surface area (Å²) in [6.45, 7) is 3.15. The van der Waals surface area contributed by atoms with Gasteiger partial charge >= 0.3 is 0 Å². The van der Waals surface area contributed by atoms with Crippen molar-refractivity contribution in [1.29, 1.82) is 0 Å². The van der Waals surface area contributed by atoms with E-state index in [9.17, 15) is 4.79 Å². The van der Waals surface area contributed by atoms with Gasteiger partial charge in [0.05, 0.1) is 13.2 Å². The van der Waals surface area contributed by atoms with E-state index in [2.05, 4.69) is 10.6 Å². The topological polar surface area (TPSA) is 76.4 Å². The van der Waals surface area contributed by atoms with Crippen LogP contribution in [0.3, 0.4) is 0 Å². The van der Waals surface area contributed by atoms with Gasteiger partial charge in [0.25, 0.3) is 0 Å². The predicted molar refractivity (Wildman–Crippen MR) is 49.3 cm³/mol. The molecule has 1 aliphatic heterocycles. The third-order valence-corrected chi connectivity index (χ3v) is 1.92. The van der Waals surface area contributed by atoms with Gasteiger partial charge in [-0.05, 0) is 13.0 Å². The summed E-state index contributed by atoms with van der Waals surface area (Å²) in [5, 5.41) is 5.87. The van der Waals surface area contributed by atoms with Gasteiger partial charge in [0.1, 0.15) is 6.04 Å². The Hall–Kier alpha value is -0.650. The first-order valence-corrected chi connectivity index (χ1v) is 4.63. The molecule has 4 N–H and O–H groups in total. The monoisotopic (exact) mass is 187 g/mol. The fraction of sp³-hybridized carbons (Fsp3) is 0.875. The predicted octanol–water partition coefficient (Wildman–Crippen LogP) is -1.56. The molecule has 1 amide bonds. The van der Waals surface area contributed by atoms with Crippen LogP contribution in [-0.4, -0.2) is 44.8 Å². The molecule has 0 aliphatic carbocycles. The van der Waals surface area contributed by atoms with E-state index in [0.29, 0.717) is 26.3 Å². The number of ether oxygens (including phenoxy) is 1. The Balaban J connectivity index is 2.13. The average molecular weight is 187 g/mol. The van der Waals surface area contributed by atoms with Gasteiger partial charge in [-0.2, -0.15) is 0 Å². The number of rotatable bonds is 4. The summed E-state index contributed by atoms with van der Waals surface area (Å²) in [6, 6.07) is -0.188. The lowest BCUT2D eigenvalue weighted by Gasteiger charge is -2.22. The highest BCUT2D eigenvalue weighted by Crippen LogP contribution is 1.92. The van der Waals surface area contributed by atoms with Gasteiger partial charge in [-0.25, -0.2) is 0 Å². The third-order valence-electron chi connectivity index (χ3n) is 1.92. The average Bonchev–Trinajstić information content (AvgIpc) is 2.19. The Labute approximate surface area is 78.0 Å². The third kappa shape index (κ3) is 3.71. The molecule has 0 aromatic rings. The molecule has 1 atom stereocenters. The lowest BCUT2D eigenvalue weighted by atomic mass is 10.2. The van der Waals surface area contributed by atoms with Crippen LogP contribution in [0, 0.1) is 0 Å². The maximum Gasteiger partial charge on any atom is 0.239 e. The lowest BCUT2D eigenvalue weighted by Crippen LogP contribution is -2.51. The van der Waals surface area contributed by atoms with Gasteiger partial charge in [0.2, 0.25) is 5.91 Å². The van der Waals surface area contributed by atoms with Crippen molar-refractivity contribution in [2.45, 2.75) is 12.5 Å². The molecule has 0 aromatic heterocycles. The van der Waals surface area contributed by atoms with E-state index in [1.54, 1.807) is 0 Å². The SMILES string of the molecule is NCCCNC(=O)C1COCCN1. The fourth-order valence-electron chi connectivity index (χ4n) is 1.17. The highest BCUT2D eigenvalue weighted by atomic mass is 16.5. The van der Waals surface area contributed by atoms with E-state index in [-0.39, 0.29) is 11.9 Å². The Kier molecular flexibility index (Phi) is 4.74. The molecule has 1 fully saturated rings. The number of hydrogen-bond donors (Lipinski definition) is 3. The first-order valence-electron chi connectivity index (χ1n) is 4.63. The van der Waals surface area contributed by atoms with E-state index in [1.807, 2.05) is 0 Å². The minimum atomic E-state index is -0.188. The van der Waals surface area contributed by atoms with Crippen LogP contribution in [0.1, 0.15) is 6.42 Å². The summed E-state index contributed by atoms with van der Waals surface area (Å²) in [4.78, 5) is 11.4. The number of carbonyl (C=O) groups is 1. The highest BCUT2D eigenvalue weighted by Gasteiger charge is 2.19. The van der Waals surface area contributed by atoms with Gasteiger partial charge in [-0.3, -0.25) is 4.79 Å². The summed E-state index contributed by atoms with van der Waals surface area (Å²) in [7, 11) is 0. The van der Waals surface area contributed by atoms with Crippen LogP contribution >= 0.6 is 0 Å². The fourth-order valence-corrected chi connectivity index (χ4v) is 1.17. The number of nitrogens with one attached hydrogen (secondary N) is 2. The molecular formula is C8H17N3O2. The van der Waals surface area contributed by atoms with Crippen molar-refractivity contribution in [3.8, 4) is 0 Å². The van der Waals surface area contributed by atoms with Gasteiger partial charge < -0.3 is 21.1 Å². The van der Waals surface area contributed by atoms with Gasteiger partial charge in [0, 0.05) is 13.1 Å². The van der Waals surface area contributed by atoms with E-state index < -0.39 is 0 Å². The molecule has 0 saturated carbocycles. The van der Waals surface area contributed by atoms with Crippen LogP contribution in [0.25, 0.3) is 0 Å². The maximum absolute atomic E-state index is 11.4. The molecule has 5 heteroatoms. The minimum absolute atomic E-state index is 0.00755. The molecule has 0 bridgehead atoms. The standard InChI is InChI=1S/C8H17N3O2/c9-2-1-3-11-8(12)7-6-13-5-4-10-7/h7,10H,1-6,9H2,(H,11,12). The molecule has 1 heterocycles. The van der Waals surface area contributed by atoms with Crippen molar-refractivity contribution in [3.05, 3.63) is 0 Å². The van der Waals surface area contributed by atoms with Crippen LogP contribution in [0.2, 0.25) is 0 Å². The van der Waals surface area contributed by atoms with Crippen LogP contribution < -0.4 is 16.4 Å². The van der Waals surface area contributed by atoms with Crippen molar-refractivity contribution in [1.82, 2.24) is 10.6 Å². The van der Waals surface area contributed by atoms with E-state index >= 15 is 0 Å². The Bertz CT molecular complexity index is 157. The van der Waals surface area contributed by atoms with E-state index in [1.165, 1.54) is 0 Å². The van der Waals surface area contributed by atoms with Crippen LogP contribution in [0.4, 0.5) is 0 Å². The maximum atomic E-state index is 11.4. The zero-order chi connectivity index (χ0) is 9.52. The minimum Gasteiger partial charge on any atom is -0.378 e. The highest BCUT2D eigenvalue weighted by molar-refractivity contribution is 5.81. The number of morpholine rings is 1. The number of hydrogen-bond acceptors (Lipinski definition) is 4. The molecule has 0 radical (unpaired) electrons. The Morgan fingerprint density at radius 2 is 2.54 bits per heavy atom. The second-order valence-electron chi connectivity index (χ2n) is 3.01. The lowest BCUT2D eigenvalue weighted by molar-refractivity contribution is -0.125. The molecule has 1 rings (SSSR count). The first-order chi connectivity index (χ1) is 6.34. The largest absolute Gasteiger partial charge is 0.378 e. The summed E-state index contributed by atoms with van der Waals surface area (Å²) in [6.07, 6.45) is 0.819. The number of nitrogens with two attached hydrogens (primary N) is 1. The van der Waals surface area contributed by atoms with Gasteiger partial charge in [-0.15, -0.1) is 0 Å². The van der Waals surface area contributed by atoms with Crippen molar-refractivity contribution in [2.75, 3.05) is 32.8 Å². The Morgan fingerprint density at radius 3 is 3.15 bits per heavy atom. The van der Waals surface area contributed by atoms with E-state index in [4.69, 9.17) is 10.5 Å². The molecule has 1 saturated heterocycles. The second-order valence-corrected chi connectivity index (χ2v) is 3.01. The van der Waals surface area contributed by atoms with Crippen molar-refractivity contribution >= 4 is 5.91 Å². The summed E-state index contributed by atoms with van der Waals surface area (Å²) in [5.41, 5.74) is 5.30. The van der Waals surface area contributed by atoms with Crippen molar-refractivity contribution < 1.29 is 9.53 Å².